The average molecular weight is 364 g/mol. The quantitative estimate of drug-likeness (QED) is 0.772. The number of aliphatic hydroxyl groups is 1. The summed E-state index contributed by atoms with van der Waals surface area (Å²) < 4.78 is 0. The Kier molecular flexibility index (Phi) is 11.1. The second kappa shape index (κ2) is 11.2. The van der Waals surface area contributed by atoms with Crippen LogP contribution in [0.2, 0.25) is 0 Å². The molecule has 3 N–H and O–H groups in total. The fraction of sp³-hybridized carbons (Fsp3) is 0.647. The van der Waals surface area contributed by atoms with E-state index in [1.807, 2.05) is 0 Å². The first-order chi connectivity index (χ1) is 10.1. The predicted octanol–water partition coefficient (Wildman–Crippen LogP) is 1.63. The molecule has 0 saturated carbocycles. The minimum absolute atomic E-state index is 0. The van der Waals surface area contributed by atoms with Crippen LogP contribution in [0.3, 0.4) is 0 Å². The number of benzene rings is 1. The van der Waals surface area contributed by atoms with E-state index in [0.717, 1.165) is 32.6 Å². The SMILES string of the molecule is CN(C)C[C@@H]1CN(Cc2ccc(CCN)cc2)C[C@@H]1CO.Cl.Cl. The molecule has 0 bridgehead atoms. The first-order valence-electron chi connectivity index (χ1n) is 7.88. The molecule has 134 valence electrons. The summed E-state index contributed by atoms with van der Waals surface area (Å²) in [4.78, 5) is 4.69. The van der Waals surface area contributed by atoms with E-state index in [9.17, 15) is 5.11 Å². The van der Waals surface area contributed by atoms with Gasteiger partial charge < -0.3 is 15.7 Å². The van der Waals surface area contributed by atoms with Crippen LogP contribution in [-0.2, 0) is 13.0 Å². The Bertz CT molecular complexity index is 428. The molecule has 1 saturated heterocycles. The number of hydrogen-bond acceptors (Lipinski definition) is 4. The van der Waals surface area contributed by atoms with Gasteiger partial charge in [-0.15, -0.1) is 24.8 Å². The van der Waals surface area contributed by atoms with Gasteiger partial charge in [0, 0.05) is 32.8 Å². The zero-order valence-electron chi connectivity index (χ0n) is 14.1. The Labute approximate surface area is 152 Å². The Balaban J connectivity index is 0.00000242. The molecule has 2 atom stereocenters. The van der Waals surface area contributed by atoms with E-state index in [4.69, 9.17) is 5.73 Å². The molecule has 0 aliphatic carbocycles. The molecule has 2 rings (SSSR count). The number of rotatable bonds is 7. The van der Waals surface area contributed by atoms with Crippen molar-refractivity contribution in [2.45, 2.75) is 13.0 Å². The van der Waals surface area contributed by atoms with Crippen LogP contribution in [-0.4, -0.2) is 61.8 Å². The van der Waals surface area contributed by atoms with Crippen molar-refractivity contribution in [1.29, 1.82) is 0 Å². The summed E-state index contributed by atoms with van der Waals surface area (Å²) in [6.45, 7) is 5.11. The summed E-state index contributed by atoms with van der Waals surface area (Å²) in [7, 11) is 4.21. The number of likely N-dealkylation sites (tertiary alicyclic amines) is 1. The maximum atomic E-state index is 9.57. The predicted molar refractivity (Wildman–Crippen MR) is 102 cm³/mol. The van der Waals surface area contributed by atoms with E-state index in [1.54, 1.807) is 0 Å². The Morgan fingerprint density at radius 3 is 2.17 bits per heavy atom. The smallest absolute Gasteiger partial charge is 0.0475 e. The molecule has 4 nitrogen and oxygen atoms in total. The molecule has 0 amide bonds. The van der Waals surface area contributed by atoms with Crippen molar-refractivity contribution in [2.24, 2.45) is 17.6 Å². The van der Waals surface area contributed by atoms with Gasteiger partial charge in [0.05, 0.1) is 0 Å². The van der Waals surface area contributed by atoms with Crippen LogP contribution in [0.15, 0.2) is 24.3 Å². The molecule has 0 spiro atoms. The third kappa shape index (κ3) is 6.96. The lowest BCUT2D eigenvalue weighted by Crippen LogP contribution is -2.28. The molecular formula is C17H31Cl2N3O. The third-order valence-corrected chi connectivity index (χ3v) is 4.35. The maximum Gasteiger partial charge on any atom is 0.0475 e. The highest BCUT2D eigenvalue weighted by molar-refractivity contribution is 5.85. The first kappa shape index (κ1) is 22.6. The molecule has 1 aromatic carbocycles. The van der Waals surface area contributed by atoms with Crippen molar-refractivity contribution in [1.82, 2.24) is 9.80 Å². The van der Waals surface area contributed by atoms with Crippen LogP contribution in [0.5, 0.6) is 0 Å². The summed E-state index contributed by atoms with van der Waals surface area (Å²) in [5.41, 5.74) is 8.23. The molecule has 0 aromatic heterocycles. The fourth-order valence-corrected chi connectivity index (χ4v) is 3.28. The highest BCUT2D eigenvalue weighted by Gasteiger charge is 2.32. The monoisotopic (exact) mass is 363 g/mol. The van der Waals surface area contributed by atoms with Gasteiger partial charge in [0.15, 0.2) is 0 Å². The van der Waals surface area contributed by atoms with Crippen LogP contribution < -0.4 is 5.73 Å². The lowest BCUT2D eigenvalue weighted by molar-refractivity contribution is 0.183. The van der Waals surface area contributed by atoms with E-state index in [0.29, 0.717) is 25.0 Å². The second-order valence-corrected chi connectivity index (χ2v) is 6.51. The maximum absolute atomic E-state index is 9.57. The van der Waals surface area contributed by atoms with Crippen LogP contribution >= 0.6 is 24.8 Å². The summed E-state index contributed by atoms with van der Waals surface area (Å²) >= 11 is 0. The lowest BCUT2D eigenvalue weighted by Gasteiger charge is -2.20. The fourth-order valence-electron chi connectivity index (χ4n) is 3.28. The van der Waals surface area contributed by atoms with Gasteiger partial charge in [0.25, 0.3) is 0 Å². The standard InChI is InChI=1S/C17H29N3O.2ClH/c1-19(2)10-16-11-20(12-17(16)13-21)9-15-5-3-14(4-6-15)7-8-18;;/h3-6,16-17,21H,7-13,18H2,1-2H3;2*1H/t16-,17-;;/m1../s1. The van der Waals surface area contributed by atoms with E-state index < -0.39 is 0 Å². The van der Waals surface area contributed by atoms with Gasteiger partial charge in [-0.2, -0.15) is 0 Å². The molecule has 6 heteroatoms. The number of nitrogens with zero attached hydrogens (tertiary/aromatic N) is 2. The van der Waals surface area contributed by atoms with Crippen molar-refractivity contribution < 1.29 is 5.11 Å². The lowest BCUT2D eigenvalue weighted by atomic mass is 9.97. The summed E-state index contributed by atoms with van der Waals surface area (Å²) in [6, 6.07) is 8.77. The molecule has 0 radical (unpaired) electrons. The van der Waals surface area contributed by atoms with Crippen molar-refractivity contribution in [2.75, 3.05) is 46.9 Å². The van der Waals surface area contributed by atoms with Crippen LogP contribution in [0, 0.1) is 11.8 Å². The van der Waals surface area contributed by atoms with Crippen molar-refractivity contribution in [3.63, 3.8) is 0 Å². The van der Waals surface area contributed by atoms with Gasteiger partial charge in [0.1, 0.15) is 0 Å². The molecule has 0 unspecified atom stereocenters. The van der Waals surface area contributed by atoms with Gasteiger partial charge >= 0.3 is 0 Å². The van der Waals surface area contributed by atoms with Crippen LogP contribution in [0.25, 0.3) is 0 Å². The van der Waals surface area contributed by atoms with Crippen LogP contribution in [0.1, 0.15) is 11.1 Å². The third-order valence-electron chi connectivity index (χ3n) is 4.35. The topological polar surface area (TPSA) is 52.7 Å². The van der Waals surface area contributed by atoms with Gasteiger partial charge in [-0.05, 0) is 50.0 Å². The molecule has 1 aliphatic heterocycles. The van der Waals surface area contributed by atoms with Gasteiger partial charge in [-0.3, -0.25) is 4.90 Å². The van der Waals surface area contributed by atoms with Crippen molar-refractivity contribution in [3.05, 3.63) is 35.4 Å². The van der Waals surface area contributed by atoms with Gasteiger partial charge in [0.2, 0.25) is 0 Å². The van der Waals surface area contributed by atoms with E-state index >= 15 is 0 Å². The highest BCUT2D eigenvalue weighted by atomic mass is 35.5. The van der Waals surface area contributed by atoms with E-state index in [2.05, 4.69) is 48.2 Å². The zero-order chi connectivity index (χ0) is 15.2. The number of nitrogens with two attached hydrogens (primary N) is 1. The van der Waals surface area contributed by atoms with Crippen molar-refractivity contribution in [3.8, 4) is 0 Å². The largest absolute Gasteiger partial charge is 0.396 e. The van der Waals surface area contributed by atoms with Crippen LogP contribution in [0.4, 0.5) is 0 Å². The number of halogens is 2. The zero-order valence-corrected chi connectivity index (χ0v) is 15.8. The summed E-state index contributed by atoms with van der Waals surface area (Å²) in [5.74, 6) is 0.977. The molecular weight excluding hydrogens is 333 g/mol. The minimum atomic E-state index is 0. The van der Waals surface area contributed by atoms with E-state index in [1.165, 1.54) is 11.1 Å². The molecule has 1 aromatic rings. The molecule has 1 aliphatic rings. The first-order valence-corrected chi connectivity index (χ1v) is 7.88. The van der Waals surface area contributed by atoms with Gasteiger partial charge in [-0.25, -0.2) is 0 Å². The summed E-state index contributed by atoms with van der Waals surface area (Å²) in [6.07, 6.45) is 0.946. The Morgan fingerprint density at radius 1 is 1.09 bits per heavy atom. The highest BCUT2D eigenvalue weighted by Crippen LogP contribution is 2.25. The Morgan fingerprint density at radius 2 is 1.65 bits per heavy atom. The number of aliphatic hydroxyl groups excluding tert-OH is 1. The normalized spacial score (nSPS) is 21.1. The van der Waals surface area contributed by atoms with Gasteiger partial charge in [-0.1, -0.05) is 24.3 Å². The second-order valence-electron chi connectivity index (χ2n) is 6.51. The molecule has 1 heterocycles. The van der Waals surface area contributed by atoms with Crippen molar-refractivity contribution >= 4 is 24.8 Å². The molecule has 23 heavy (non-hydrogen) atoms. The number of hydrogen-bond donors (Lipinski definition) is 2. The molecule has 1 fully saturated rings. The van der Waals surface area contributed by atoms with E-state index in [-0.39, 0.29) is 24.8 Å². The summed E-state index contributed by atoms with van der Waals surface area (Å²) in [5, 5.41) is 9.57. The Hall–Kier alpha value is -0.360. The minimum Gasteiger partial charge on any atom is -0.396 e. The average Bonchev–Trinajstić information content (AvgIpc) is 2.82.